The fraction of sp³-hybridized carbons (Fsp3) is 0.588. The van der Waals surface area contributed by atoms with Gasteiger partial charge >= 0.3 is 0 Å². The number of sulfonamides is 1. The summed E-state index contributed by atoms with van der Waals surface area (Å²) in [7, 11) is 0.433. The average Bonchev–Trinajstić information content (AvgIpc) is 3.03. The van der Waals surface area contributed by atoms with Crippen molar-refractivity contribution in [3.63, 3.8) is 0 Å². The molecule has 1 aromatic carbocycles. The van der Waals surface area contributed by atoms with Crippen LogP contribution in [0.15, 0.2) is 29.2 Å². The first-order valence-electron chi connectivity index (χ1n) is 8.56. The van der Waals surface area contributed by atoms with Gasteiger partial charge in [0, 0.05) is 24.0 Å². The standard InChI is InChI=1S/C17H26ClN3O3S/c1-13(12-20(2)3)11-19-17(22)16-5-4-10-21(16)25(23,24)15-8-6-14(18)7-9-15/h6-9,13,16H,4-5,10-12H2,1-3H3,(H,19,22)/p+1/t13-,16+/m0/s1. The van der Waals surface area contributed by atoms with E-state index in [0.29, 0.717) is 36.9 Å². The largest absolute Gasteiger partial charge is 0.354 e. The molecule has 0 unspecified atom stereocenters. The van der Waals surface area contributed by atoms with Crippen molar-refractivity contribution < 1.29 is 18.1 Å². The van der Waals surface area contributed by atoms with Gasteiger partial charge in [-0.1, -0.05) is 18.5 Å². The van der Waals surface area contributed by atoms with Crippen LogP contribution in [-0.2, 0) is 14.8 Å². The molecule has 140 valence electrons. The molecule has 8 heteroatoms. The van der Waals surface area contributed by atoms with Crippen LogP contribution < -0.4 is 10.2 Å². The first-order chi connectivity index (χ1) is 11.7. The highest BCUT2D eigenvalue weighted by atomic mass is 35.5. The summed E-state index contributed by atoms with van der Waals surface area (Å²) in [6.07, 6.45) is 1.23. The van der Waals surface area contributed by atoms with Gasteiger partial charge in [-0.25, -0.2) is 8.42 Å². The van der Waals surface area contributed by atoms with E-state index in [2.05, 4.69) is 26.3 Å². The third kappa shape index (κ3) is 5.17. The summed E-state index contributed by atoms with van der Waals surface area (Å²) in [6, 6.07) is 5.41. The van der Waals surface area contributed by atoms with Crippen molar-refractivity contribution in [1.29, 1.82) is 0 Å². The number of hydrogen-bond donors (Lipinski definition) is 2. The molecule has 0 aliphatic carbocycles. The van der Waals surface area contributed by atoms with Gasteiger partial charge in [0.15, 0.2) is 0 Å². The van der Waals surface area contributed by atoms with E-state index in [1.54, 1.807) is 12.1 Å². The fourth-order valence-corrected chi connectivity index (χ4v) is 4.98. The molecule has 0 bridgehead atoms. The van der Waals surface area contributed by atoms with Crippen LogP contribution in [-0.4, -0.2) is 58.4 Å². The number of halogens is 1. The number of hydrogen-bond acceptors (Lipinski definition) is 3. The number of carbonyl (C=O) groups is 1. The minimum absolute atomic E-state index is 0.168. The Morgan fingerprint density at radius 1 is 1.36 bits per heavy atom. The third-order valence-electron chi connectivity index (χ3n) is 4.31. The van der Waals surface area contributed by atoms with E-state index in [0.717, 1.165) is 6.54 Å². The number of amides is 1. The summed E-state index contributed by atoms with van der Waals surface area (Å²) in [5.41, 5.74) is 0. The summed E-state index contributed by atoms with van der Waals surface area (Å²) in [5, 5.41) is 3.39. The van der Waals surface area contributed by atoms with Crippen LogP contribution in [0.25, 0.3) is 0 Å². The van der Waals surface area contributed by atoms with Gasteiger partial charge in [-0.05, 0) is 37.1 Å². The number of quaternary nitrogens is 1. The lowest BCUT2D eigenvalue weighted by molar-refractivity contribution is -0.861. The lowest BCUT2D eigenvalue weighted by Gasteiger charge is -2.24. The Morgan fingerprint density at radius 3 is 2.60 bits per heavy atom. The first-order valence-corrected chi connectivity index (χ1v) is 10.4. The highest BCUT2D eigenvalue weighted by Crippen LogP contribution is 2.27. The molecule has 25 heavy (non-hydrogen) atoms. The topological polar surface area (TPSA) is 70.9 Å². The van der Waals surface area contributed by atoms with Crippen molar-refractivity contribution in [1.82, 2.24) is 9.62 Å². The molecule has 1 fully saturated rings. The number of rotatable bonds is 7. The van der Waals surface area contributed by atoms with Crippen LogP contribution in [0.2, 0.25) is 5.02 Å². The normalized spacial score (nSPS) is 20.0. The summed E-state index contributed by atoms with van der Waals surface area (Å²) >= 11 is 5.83. The number of nitrogens with one attached hydrogen (secondary N) is 2. The quantitative estimate of drug-likeness (QED) is 0.709. The SMILES string of the molecule is C[C@@H](CNC(=O)[C@H]1CCCN1S(=O)(=O)c1ccc(Cl)cc1)C[NH+](C)C. The van der Waals surface area contributed by atoms with Gasteiger partial charge < -0.3 is 10.2 Å². The maximum atomic E-state index is 12.8. The molecular formula is C17H27ClN3O3S+. The number of benzene rings is 1. The zero-order valence-corrected chi connectivity index (χ0v) is 16.5. The minimum atomic E-state index is -3.70. The molecule has 0 aromatic heterocycles. The molecule has 1 amide bonds. The monoisotopic (exact) mass is 388 g/mol. The molecule has 2 N–H and O–H groups in total. The van der Waals surface area contributed by atoms with Crippen LogP contribution in [0.5, 0.6) is 0 Å². The van der Waals surface area contributed by atoms with Crippen molar-refractivity contribution in [2.45, 2.75) is 30.7 Å². The second kappa shape index (κ2) is 8.49. The van der Waals surface area contributed by atoms with E-state index in [1.165, 1.54) is 21.3 Å². The van der Waals surface area contributed by atoms with Crippen LogP contribution >= 0.6 is 11.6 Å². The van der Waals surface area contributed by atoms with E-state index in [-0.39, 0.29) is 10.8 Å². The average molecular weight is 389 g/mol. The lowest BCUT2D eigenvalue weighted by Crippen LogP contribution is -3.06. The summed E-state index contributed by atoms with van der Waals surface area (Å²) in [5.74, 6) is 0.118. The van der Waals surface area contributed by atoms with Crippen molar-refractivity contribution in [2.75, 3.05) is 33.7 Å². The molecular weight excluding hydrogens is 362 g/mol. The molecule has 2 rings (SSSR count). The Balaban J connectivity index is 2.06. The van der Waals surface area contributed by atoms with Crippen LogP contribution in [0, 0.1) is 5.92 Å². The molecule has 0 radical (unpaired) electrons. The van der Waals surface area contributed by atoms with Crippen molar-refractivity contribution >= 4 is 27.5 Å². The Morgan fingerprint density at radius 2 is 2.00 bits per heavy atom. The number of nitrogens with zero attached hydrogens (tertiary/aromatic N) is 1. The predicted molar refractivity (Wildman–Crippen MR) is 98.2 cm³/mol. The van der Waals surface area contributed by atoms with E-state index in [4.69, 9.17) is 11.6 Å². The Hall–Kier alpha value is -1.15. The molecule has 6 nitrogen and oxygen atoms in total. The fourth-order valence-electron chi connectivity index (χ4n) is 3.19. The second-order valence-corrected chi connectivity index (χ2v) is 9.32. The molecule has 1 saturated heterocycles. The highest BCUT2D eigenvalue weighted by Gasteiger charge is 2.39. The first kappa shape index (κ1) is 20.2. The summed E-state index contributed by atoms with van der Waals surface area (Å²) in [4.78, 5) is 14.0. The lowest BCUT2D eigenvalue weighted by atomic mass is 10.1. The molecule has 2 atom stereocenters. The maximum absolute atomic E-state index is 12.8. The van der Waals surface area contributed by atoms with E-state index in [9.17, 15) is 13.2 Å². The third-order valence-corrected chi connectivity index (χ3v) is 6.48. The highest BCUT2D eigenvalue weighted by molar-refractivity contribution is 7.89. The Bertz CT molecular complexity index is 692. The molecule has 0 spiro atoms. The summed E-state index contributed by atoms with van der Waals surface area (Å²) in [6.45, 7) is 3.93. The van der Waals surface area contributed by atoms with Crippen molar-refractivity contribution in [3.8, 4) is 0 Å². The summed E-state index contributed by atoms with van der Waals surface area (Å²) < 4.78 is 27.0. The molecule has 1 aliphatic heterocycles. The van der Waals surface area contributed by atoms with Crippen molar-refractivity contribution in [3.05, 3.63) is 29.3 Å². The van der Waals surface area contributed by atoms with E-state index in [1.807, 2.05) is 0 Å². The Kier molecular flexibility index (Phi) is 6.85. The minimum Gasteiger partial charge on any atom is -0.354 e. The van der Waals surface area contributed by atoms with Gasteiger partial charge in [0.05, 0.1) is 25.5 Å². The van der Waals surface area contributed by atoms with Gasteiger partial charge in [-0.15, -0.1) is 0 Å². The van der Waals surface area contributed by atoms with Crippen LogP contribution in [0.1, 0.15) is 19.8 Å². The van der Waals surface area contributed by atoms with Gasteiger partial charge in [0.2, 0.25) is 15.9 Å². The molecule has 1 aromatic rings. The second-order valence-electron chi connectivity index (χ2n) is 6.99. The molecule has 1 heterocycles. The van der Waals surface area contributed by atoms with Crippen LogP contribution in [0.3, 0.4) is 0 Å². The predicted octanol–water partition coefficient (Wildman–Crippen LogP) is 0.390. The van der Waals surface area contributed by atoms with Gasteiger partial charge in [0.25, 0.3) is 0 Å². The smallest absolute Gasteiger partial charge is 0.243 e. The van der Waals surface area contributed by atoms with Gasteiger partial charge in [-0.2, -0.15) is 4.31 Å². The van der Waals surface area contributed by atoms with Gasteiger partial charge in [0.1, 0.15) is 6.04 Å². The van der Waals surface area contributed by atoms with E-state index >= 15 is 0 Å². The number of carbonyl (C=O) groups excluding carboxylic acids is 1. The zero-order chi connectivity index (χ0) is 18.6. The maximum Gasteiger partial charge on any atom is 0.243 e. The molecule has 0 saturated carbocycles. The van der Waals surface area contributed by atoms with Gasteiger partial charge in [-0.3, -0.25) is 4.79 Å². The van der Waals surface area contributed by atoms with Crippen molar-refractivity contribution in [2.24, 2.45) is 5.92 Å². The van der Waals surface area contributed by atoms with Crippen LogP contribution in [0.4, 0.5) is 0 Å². The molecule has 1 aliphatic rings. The van der Waals surface area contributed by atoms with E-state index < -0.39 is 16.1 Å². The zero-order valence-electron chi connectivity index (χ0n) is 15.0. The Labute approximate surface area is 155 Å².